The van der Waals surface area contributed by atoms with Crippen LogP contribution in [0.4, 0.5) is 0 Å². The number of amides is 1. The average Bonchev–Trinajstić information content (AvgIpc) is 2.27. The monoisotopic (exact) mass is 219 g/mol. The summed E-state index contributed by atoms with van der Waals surface area (Å²) in [7, 11) is 0. The first-order chi connectivity index (χ1) is 7.72. The van der Waals surface area contributed by atoms with Gasteiger partial charge >= 0.3 is 0 Å². The Hall–Kier alpha value is -1.99. The second-order valence-electron chi connectivity index (χ2n) is 3.04. The van der Waals surface area contributed by atoms with Gasteiger partial charge in [-0.05, 0) is 24.3 Å². The van der Waals surface area contributed by atoms with Gasteiger partial charge < -0.3 is 15.6 Å². The third kappa shape index (κ3) is 4.49. The molecule has 16 heavy (non-hydrogen) atoms. The molecule has 0 aliphatic rings. The SMILES string of the molecule is NC(=O)CC#Cc1ccc(OCCO)cc1. The van der Waals surface area contributed by atoms with Crippen molar-refractivity contribution >= 4 is 5.91 Å². The van der Waals surface area contributed by atoms with Crippen LogP contribution in [0.15, 0.2) is 24.3 Å². The lowest BCUT2D eigenvalue weighted by atomic mass is 10.2. The zero-order chi connectivity index (χ0) is 11.8. The normalized spacial score (nSPS) is 9.06. The molecular formula is C12H13NO3. The number of benzene rings is 1. The lowest BCUT2D eigenvalue weighted by Gasteiger charge is -2.02. The first-order valence-corrected chi connectivity index (χ1v) is 4.83. The molecule has 4 heteroatoms. The van der Waals surface area contributed by atoms with Crippen molar-refractivity contribution in [2.24, 2.45) is 5.73 Å². The first-order valence-electron chi connectivity index (χ1n) is 4.83. The molecule has 84 valence electrons. The highest BCUT2D eigenvalue weighted by molar-refractivity contribution is 5.76. The van der Waals surface area contributed by atoms with Gasteiger partial charge in [0.25, 0.3) is 0 Å². The standard InChI is InChI=1S/C12H13NO3/c13-12(15)3-1-2-10-4-6-11(7-5-10)16-9-8-14/h4-7,14H,3,8-9H2,(H2,13,15). The van der Waals surface area contributed by atoms with Crippen molar-refractivity contribution in [3.8, 4) is 17.6 Å². The molecule has 0 aliphatic carbocycles. The lowest BCUT2D eigenvalue weighted by Crippen LogP contribution is -2.08. The van der Waals surface area contributed by atoms with E-state index in [1.165, 1.54) is 0 Å². The fraction of sp³-hybridized carbons (Fsp3) is 0.250. The van der Waals surface area contributed by atoms with Crippen LogP contribution in [0.25, 0.3) is 0 Å². The van der Waals surface area contributed by atoms with Gasteiger partial charge in [0, 0.05) is 5.56 Å². The molecule has 0 radical (unpaired) electrons. The van der Waals surface area contributed by atoms with Crippen molar-refractivity contribution in [2.45, 2.75) is 6.42 Å². The zero-order valence-corrected chi connectivity index (χ0v) is 8.77. The summed E-state index contributed by atoms with van der Waals surface area (Å²) in [6.07, 6.45) is 0.0583. The molecule has 4 nitrogen and oxygen atoms in total. The smallest absolute Gasteiger partial charge is 0.229 e. The molecule has 0 heterocycles. The van der Waals surface area contributed by atoms with Gasteiger partial charge in [0.1, 0.15) is 12.4 Å². The number of carbonyl (C=O) groups excluding carboxylic acids is 1. The number of carbonyl (C=O) groups is 1. The predicted molar refractivity (Wildman–Crippen MR) is 59.7 cm³/mol. The first kappa shape index (κ1) is 12.1. The van der Waals surface area contributed by atoms with E-state index < -0.39 is 5.91 Å². The van der Waals surface area contributed by atoms with Crippen molar-refractivity contribution in [3.05, 3.63) is 29.8 Å². The van der Waals surface area contributed by atoms with Crippen LogP contribution >= 0.6 is 0 Å². The molecule has 0 saturated heterocycles. The van der Waals surface area contributed by atoms with E-state index in [1.54, 1.807) is 24.3 Å². The van der Waals surface area contributed by atoms with Crippen molar-refractivity contribution in [1.82, 2.24) is 0 Å². The third-order valence-electron chi connectivity index (χ3n) is 1.71. The molecule has 1 aromatic rings. The summed E-state index contributed by atoms with van der Waals surface area (Å²) in [5, 5.41) is 8.56. The van der Waals surface area contributed by atoms with Gasteiger partial charge in [-0.15, -0.1) is 0 Å². The molecule has 0 atom stereocenters. The van der Waals surface area contributed by atoms with Crippen LogP contribution in [0.3, 0.4) is 0 Å². The fourth-order valence-corrected chi connectivity index (χ4v) is 1.03. The number of primary amides is 1. The Morgan fingerprint density at radius 1 is 1.38 bits per heavy atom. The Kier molecular flexibility index (Phi) is 4.90. The Bertz CT molecular complexity index is 401. The number of aliphatic hydroxyl groups excluding tert-OH is 1. The molecule has 0 aromatic heterocycles. The third-order valence-corrected chi connectivity index (χ3v) is 1.71. The minimum absolute atomic E-state index is 0.0137. The lowest BCUT2D eigenvalue weighted by molar-refractivity contribution is -0.117. The van der Waals surface area contributed by atoms with Gasteiger partial charge in [-0.1, -0.05) is 11.8 Å². The van der Waals surface area contributed by atoms with Gasteiger partial charge in [-0.25, -0.2) is 0 Å². The van der Waals surface area contributed by atoms with Crippen LogP contribution < -0.4 is 10.5 Å². The Morgan fingerprint density at radius 2 is 2.06 bits per heavy atom. The van der Waals surface area contributed by atoms with Gasteiger partial charge in [0.05, 0.1) is 13.0 Å². The minimum atomic E-state index is -0.435. The van der Waals surface area contributed by atoms with Crippen LogP contribution in [0.1, 0.15) is 12.0 Å². The van der Waals surface area contributed by atoms with E-state index in [4.69, 9.17) is 15.6 Å². The molecular weight excluding hydrogens is 206 g/mol. The largest absolute Gasteiger partial charge is 0.491 e. The van der Waals surface area contributed by atoms with Crippen molar-refractivity contribution in [1.29, 1.82) is 0 Å². The maximum Gasteiger partial charge on any atom is 0.229 e. The fourth-order valence-electron chi connectivity index (χ4n) is 1.03. The van der Waals surface area contributed by atoms with Crippen LogP contribution in [0.5, 0.6) is 5.75 Å². The van der Waals surface area contributed by atoms with E-state index in [1.807, 2.05) is 0 Å². The maximum absolute atomic E-state index is 10.4. The number of ether oxygens (including phenoxy) is 1. The Morgan fingerprint density at radius 3 is 2.62 bits per heavy atom. The molecule has 0 spiro atoms. The zero-order valence-electron chi connectivity index (χ0n) is 8.77. The summed E-state index contributed by atoms with van der Waals surface area (Å²) >= 11 is 0. The molecule has 3 N–H and O–H groups in total. The summed E-state index contributed by atoms with van der Waals surface area (Å²) in [6, 6.07) is 7.06. The molecule has 1 rings (SSSR count). The van der Waals surface area contributed by atoms with Gasteiger partial charge in [-0.2, -0.15) is 0 Å². The molecule has 0 fully saturated rings. The van der Waals surface area contributed by atoms with Crippen LogP contribution in [0, 0.1) is 11.8 Å². The highest BCUT2D eigenvalue weighted by Gasteiger charge is 1.92. The molecule has 1 aromatic carbocycles. The number of rotatable bonds is 4. The second-order valence-corrected chi connectivity index (χ2v) is 3.04. The molecule has 0 aliphatic heterocycles. The van der Waals surface area contributed by atoms with E-state index in [9.17, 15) is 4.79 Å². The van der Waals surface area contributed by atoms with E-state index in [0.29, 0.717) is 5.75 Å². The Balaban J connectivity index is 2.56. The van der Waals surface area contributed by atoms with Gasteiger partial charge in [0.2, 0.25) is 5.91 Å². The second kappa shape index (κ2) is 6.49. The summed E-state index contributed by atoms with van der Waals surface area (Å²) < 4.78 is 5.18. The molecule has 0 saturated carbocycles. The van der Waals surface area contributed by atoms with Gasteiger partial charge in [0.15, 0.2) is 0 Å². The quantitative estimate of drug-likeness (QED) is 0.715. The molecule has 1 amide bonds. The van der Waals surface area contributed by atoms with Crippen LogP contribution in [-0.4, -0.2) is 24.2 Å². The number of hydrogen-bond donors (Lipinski definition) is 2. The van der Waals surface area contributed by atoms with Gasteiger partial charge in [-0.3, -0.25) is 4.79 Å². The molecule has 0 bridgehead atoms. The predicted octanol–water partition coefficient (Wildman–Crippen LogP) is 0.285. The number of nitrogens with two attached hydrogens (primary N) is 1. The average molecular weight is 219 g/mol. The summed E-state index contributed by atoms with van der Waals surface area (Å²) in [6.45, 7) is 0.257. The highest BCUT2D eigenvalue weighted by atomic mass is 16.5. The van der Waals surface area contributed by atoms with E-state index in [0.717, 1.165) is 5.56 Å². The minimum Gasteiger partial charge on any atom is -0.491 e. The van der Waals surface area contributed by atoms with Crippen molar-refractivity contribution in [3.63, 3.8) is 0 Å². The van der Waals surface area contributed by atoms with Crippen LogP contribution in [-0.2, 0) is 4.79 Å². The number of hydrogen-bond acceptors (Lipinski definition) is 3. The summed E-state index contributed by atoms with van der Waals surface area (Å²) in [5.74, 6) is 5.70. The van der Waals surface area contributed by atoms with Crippen molar-refractivity contribution in [2.75, 3.05) is 13.2 Å². The maximum atomic E-state index is 10.4. The summed E-state index contributed by atoms with van der Waals surface area (Å²) in [5.41, 5.74) is 5.74. The topological polar surface area (TPSA) is 72.6 Å². The van der Waals surface area contributed by atoms with E-state index in [2.05, 4.69) is 11.8 Å². The van der Waals surface area contributed by atoms with E-state index in [-0.39, 0.29) is 19.6 Å². The molecule has 0 unspecified atom stereocenters. The van der Waals surface area contributed by atoms with Crippen molar-refractivity contribution < 1.29 is 14.6 Å². The van der Waals surface area contributed by atoms with E-state index >= 15 is 0 Å². The summed E-state index contributed by atoms with van der Waals surface area (Å²) in [4.78, 5) is 10.4. The Labute approximate surface area is 94.0 Å². The highest BCUT2D eigenvalue weighted by Crippen LogP contribution is 2.11. The van der Waals surface area contributed by atoms with Crippen LogP contribution in [0.2, 0.25) is 0 Å². The number of aliphatic hydroxyl groups is 1.